The van der Waals surface area contributed by atoms with Gasteiger partial charge in [-0.15, -0.1) is 5.10 Å². The molecule has 1 atom stereocenters. The molecule has 0 bridgehead atoms. The highest BCUT2D eigenvalue weighted by Crippen LogP contribution is 2.28. The fraction of sp³-hybridized carbons (Fsp3) is 0.267. The predicted octanol–water partition coefficient (Wildman–Crippen LogP) is 3.04. The number of halogens is 1. The van der Waals surface area contributed by atoms with E-state index in [1.165, 1.54) is 0 Å². The van der Waals surface area contributed by atoms with E-state index >= 15 is 0 Å². The van der Waals surface area contributed by atoms with Crippen LogP contribution < -0.4 is 10.1 Å². The zero-order chi connectivity index (χ0) is 16.6. The van der Waals surface area contributed by atoms with Gasteiger partial charge in [-0.25, -0.2) is 0 Å². The van der Waals surface area contributed by atoms with Crippen LogP contribution in [0.1, 0.15) is 12.7 Å². The molecule has 0 unspecified atom stereocenters. The van der Waals surface area contributed by atoms with E-state index in [9.17, 15) is 4.79 Å². The molecule has 7 nitrogen and oxygen atoms in total. The van der Waals surface area contributed by atoms with Gasteiger partial charge in [0.25, 0.3) is 5.91 Å². The topological polar surface area (TPSA) is 82.2 Å². The molecule has 0 fully saturated rings. The Bertz CT molecular complexity index is 871. The van der Waals surface area contributed by atoms with Crippen molar-refractivity contribution in [3.05, 3.63) is 34.5 Å². The number of benzene rings is 1. The molecule has 0 radical (unpaired) electrons. The molecule has 0 spiro atoms. The van der Waals surface area contributed by atoms with E-state index in [4.69, 9.17) is 9.26 Å². The van der Waals surface area contributed by atoms with Crippen LogP contribution in [0.5, 0.6) is 5.88 Å². The number of hydrogen-bond donors (Lipinski definition) is 1. The molecule has 2 aromatic heterocycles. The van der Waals surface area contributed by atoms with Crippen molar-refractivity contribution >= 4 is 38.6 Å². The van der Waals surface area contributed by atoms with Crippen LogP contribution in [0.3, 0.4) is 0 Å². The Kier molecular flexibility index (Phi) is 4.08. The molecule has 0 aliphatic carbocycles. The Balaban J connectivity index is 1.78. The Labute approximate surface area is 140 Å². The van der Waals surface area contributed by atoms with Crippen molar-refractivity contribution in [2.45, 2.75) is 20.0 Å². The summed E-state index contributed by atoms with van der Waals surface area (Å²) in [7, 11) is 1.83. The minimum atomic E-state index is -0.732. The molecule has 120 valence electrons. The van der Waals surface area contributed by atoms with Crippen LogP contribution in [0.2, 0.25) is 0 Å². The second kappa shape index (κ2) is 6.04. The van der Waals surface area contributed by atoms with E-state index in [1.54, 1.807) is 24.6 Å². The largest absolute Gasteiger partial charge is 0.463 e. The number of nitrogens with one attached hydrogen (secondary N) is 1. The highest BCUT2D eigenvalue weighted by molar-refractivity contribution is 9.10. The van der Waals surface area contributed by atoms with Crippen LogP contribution in [0.4, 0.5) is 5.82 Å². The monoisotopic (exact) mass is 378 g/mol. The summed E-state index contributed by atoms with van der Waals surface area (Å²) >= 11 is 3.43. The van der Waals surface area contributed by atoms with Crippen molar-refractivity contribution in [2.75, 3.05) is 5.32 Å². The Morgan fingerprint density at radius 3 is 2.91 bits per heavy atom. The van der Waals surface area contributed by atoms with Gasteiger partial charge in [0, 0.05) is 17.6 Å². The number of carbonyl (C=O) groups excluding carboxylic acids is 1. The first-order valence-corrected chi connectivity index (χ1v) is 7.76. The number of ether oxygens (including phenoxy) is 1. The van der Waals surface area contributed by atoms with Crippen molar-refractivity contribution in [1.82, 2.24) is 14.9 Å². The molecule has 0 aliphatic rings. The Hall–Kier alpha value is -2.35. The van der Waals surface area contributed by atoms with E-state index in [2.05, 4.69) is 31.5 Å². The number of anilines is 1. The SMILES string of the molecule is Cc1cc(NC(=O)[C@@H](C)Oc2nn(C)c3ccc(Br)cc23)no1. The van der Waals surface area contributed by atoms with Gasteiger partial charge in [-0.05, 0) is 32.0 Å². The zero-order valence-corrected chi connectivity index (χ0v) is 14.4. The van der Waals surface area contributed by atoms with Gasteiger partial charge in [-0.3, -0.25) is 9.48 Å². The summed E-state index contributed by atoms with van der Waals surface area (Å²) in [5, 5.41) is 11.5. The lowest BCUT2D eigenvalue weighted by molar-refractivity contribution is -0.122. The molecular weight excluding hydrogens is 364 g/mol. The molecule has 1 amide bonds. The van der Waals surface area contributed by atoms with Gasteiger partial charge in [-0.1, -0.05) is 21.1 Å². The summed E-state index contributed by atoms with van der Waals surface area (Å²) in [4.78, 5) is 12.2. The lowest BCUT2D eigenvalue weighted by Crippen LogP contribution is -2.30. The summed E-state index contributed by atoms with van der Waals surface area (Å²) in [6, 6.07) is 7.40. The number of nitrogens with zero attached hydrogens (tertiary/aromatic N) is 3. The van der Waals surface area contributed by atoms with Gasteiger partial charge in [0.05, 0.1) is 10.9 Å². The van der Waals surface area contributed by atoms with Gasteiger partial charge in [-0.2, -0.15) is 0 Å². The van der Waals surface area contributed by atoms with Gasteiger partial charge in [0.2, 0.25) is 5.88 Å². The second-order valence-corrected chi connectivity index (χ2v) is 6.08. The number of amides is 1. The molecule has 0 saturated carbocycles. The molecule has 2 heterocycles. The number of aromatic nitrogens is 3. The third-order valence-electron chi connectivity index (χ3n) is 3.32. The summed E-state index contributed by atoms with van der Waals surface area (Å²) in [6.45, 7) is 3.40. The lowest BCUT2D eigenvalue weighted by atomic mass is 10.2. The maximum absolute atomic E-state index is 12.2. The fourth-order valence-corrected chi connectivity index (χ4v) is 2.53. The molecule has 3 aromatic rings. The van der Waals surface area contributed by atoms with Crippen molar-refractivity contribution in [3.63, 3.8) is 0 Å². The first kappa shape index (κ1) is 15.5. The van der Waals surface area contributed by atoms with E-state index in [-0.39, 0.29) is 5.91 Å². The average Bonchev–Trinajstić information content (AvgIpc) is 3.03. The van der Waals surface area contributed by atoms with E-state index in [0.29, 0.717) is 17.5 Å². The molecule has 3 rings (SSSR count). The van der Waals surface area contributed by atoms with Gasteiger partial charge in [0.15, 0.2) is 11.9 Å². The number of aryl methyl sites for hydroxylation is 2. The van der Waals surface area contributed by atoms with E-state index in [1.807, 2.05) is 25.2 Å². The first-order valence-electron chi connectivity index (χ1n) is 6.97. The minimum Gasteiger partial charge on any atom is -0.463 e. The van der Waals surface area contributed by atoms with Gasteiger partial charge in [0.1, 0.15) is 5.76 Å². The molecule has 0 saturated heterocycles. The number of rotatable bonds is 4. The van der Waals surface area contributed by atoms with Crippen LogP contribution in [0.25, 0.3) is 10.9 Å². The van der Waals surface area contributed by atoms with Crippen molar-refractivity contribution < 1.29 is 14.1 Å². The van der Waals surface area contributed by atoms with Gasteiger partial charge >= 0.3 is 0 Å². The fourth-order valence-electron chi connectivity index (χ4n) is 2.17. The number of hydrogen-bond acceptors (Lipinski definition) is 5. The van der Waals surface area contributed by atoms with E-state index < -0.39 is 6.10 Å². The predicted molar refractivity (Wildman–Crippen MR) is 88.4 cm³/mol. The zero-order valence-electron chi connectivity index (χ0n) is 12.8. The van der Waals surface area contributed by atoms with Crippen LogP contribution in [-0.2, 0) is 11.8 Å². The van der Waals surface area contributed by atoms with Crippen LogP contribution in [0, 0.1) is 6.92 Å². The highest BCUT2D eigenvalue weighted by atomic mass is 79.9. The minimum absolute atomic E-state index is 0.327. The molecule has 1 N–H and O–H groups in total. The van der Waals surface area contributed by atoms with Gasteiger partial charge < -0.3 is 14.6 Å². The first-order chi connectivity index (χ1) is 10.9. The Morgan fingerprint density at radius 1 is 1.43 bits per heavy atom. The summed E-state index contributed by atoms with van der Waals surface area (Å²) in [5.41, 5.74) is 0.919. The Morgan fingerprint density at radius 2 is 2.22 bits per heavy atom. The third-order valence-corrected chi connectivity index (χ3v) is 3.81. The molecule has 1 aromatic carbocycles. The standard InChI is InChI=1S/C15H15BrN4O3/c1-8-6-13(19-23-8)17-14(21)9(2)22-15-11-7-10(16)4-5-12(11)20(3)18-15/h4-7,9H,1-3H3,(H,17,19,21)/t9-/m1/s1. The third kappa shape index (κ3) is 3.21. The van der Waals surface area contributed by atoms with E-state index in [0.717, 1.165) is 15.4 Å². The quantitative estimate of drug-likeness (QED) is 0.754. The number of carbonyl (C=O) groups is 1. The van der Waals surface area contributed by atoms with Crippen LogP contribution in [0.15, 0.2) is 33.3 Å². The summed E-state index contributed by atoms with van der Waals surface area (Å²) in [5.74, 6) is 1.06. The van der Waals surface area contributed by atoms with Crippen molar-refractivity contribution in [1.29, 1.82) is 0 Å². The number of fused-ring (bicyclic) bond motifs is 1. The average molecular weight is 379 g/mol. The smallest absolute Gasteiger partial charge is 0.266 e. The summed E-state index contributed by atoms with van der Waals surface area (Å²) in [6.07, 6.45) is -0.732. The maximum atomic E-state index is 12.2. The van der Waals surface area contributed by atoms with Crippen molar-refractivity contribution in [2.24, 2.45) is 7.05 Å². The maximum Gasteiger partial charge on any atom is 0.266 e. The molecule has 23 heavy (non-hydrogen) atoms. The lowest BCUT2D eigenvalue weighted by Gasteiger charge is -2.11. The molecular formula is C15H15BrN4O3. The summed E-state index contributed by atoms with van der Waals surface area (Å²) < 4.78 is 13.3. The highest BCUT2D eigenvalue weighted by Gasteiger charge is 2.20. The van der Waals surface area contributed by atoms with Crippen LogP contribution >= 0.6 is 15.9 Å². The molecule has 8 heteroatoms. The molecule has 0 aliphatic heterocycles. The second-order valence-electron chi connectivity index (χ2n) is 5.16. The normalized spacial score (nSPS) is 12.3. The van der Waals surface area contributed by atoms with Crippen LogP contribution in [-0.4, -0.2) is 26.9 Å². The van der Waals surface area contributed by atoms with Crippen molar-refractivity contribution in [3.8, 4) is 5.88 Å².